The van der Waals surface area contributed by atoms with Crippen LogP contribution in [0.15, 0.2) is 12.1 Å². The van der Waals surface area contributed by atoms with Crippen molar-refractivity contribution in [1.82, 2.24) is 4.98 Å². The highest BCUT2D eigenvalue weighted by molar-refractivity contribution is 5.80. The van der Waals surface area contributed by atoms with Gasteiger partial charge in [0.1, 0.15) is 0 Å². The molecule has 46 valence electrons. The number of aromatic amines is 1. The summed E-state index contributed by atoms with van der Waals surface area (Å²) >= 11 is 0. The van der Waals surface area contributed by atoms with Gasteiger partial charge in [0.25, 0.3) is 0 Å². The maximum absolute atomic E-state index is 6.80. The lowest BCUT2D eigenvalue weighted by Gasteiger charge is -1.79. The van der Waals surface area contributed by atoms with Gasteiger partial charge in [-0.15, -0.1) is 0 Å². The summed E-state index contributed by atoms with van der Waals surface area (Å²) in [5, 5.41) is 13.6. The third-order valence-corrected chi connectivity index (χ3v) is 1.04. The summed E-state index contributed by atoms with van der Waals surface area (Å²) in [6.45, 7) is 0. The Morgan fingerprint density at radius 3 is 1.78 bits per heavy atom. The molecule has 3 N–H and O–H groups in total. The second kappa shape index (κ2) is 2.26. The Morgan fingerprint density at radius 1 is 1.11 bits per heavy atom. The summed E-state index contributed by atoms with van der Waals surface area (Å²) < 4.78 is 0. The second-order valence-corrected chi connectivity index (χ2v) is 1.66. The number of hydrogen-bond donors (Lipinski definition) is 3. The molecule has 3 nitrogen and oxygen atoms in total. The molecule has 0 unspecified atom stereocenters. The lowest BCUT2D eigenvalue weighted by Crippen LogP contribution is -1.80. The average Bonchev–Trinajstić information content (AvgIpc) is 2.34. The van der Waals surface area contributed by atoms with E-state index in [9.17, 15) is 0 Å². The van der Waals surface area contributed by atoms with E-state index in [4.69, 9.17) is 10.8 Å². The summed E-state index contributed by atoms with van der Waals surface area (Å²) in [5.74, 6) is 0. The minimum Gasteiger partial charge on any atom is -0.353 e. The molecule has 0 radical (unpaired) electrons. The molecule has 0 amide bonds. The predicted octanol–water partition coefficient (Wildman–Crippen LogP) is 1.01. The van der Waals surface area contributed by atoms with Gasteiger partial charge in [-0.1, -0.05) is 0 Å². The van der Waals surface area contributed by atoms with Crippen LogP contribution in [0.1, 0.15) is 11.4 Å². The van der Waals surface area contributed by atoms with Crippen molar-refractivity contribution in [2.24, 2.45) is 0 Å². The van der Waals surface area contributed by atoms with Gasteiger partial charge in [0.2, 0.25) is 0 Å². The van der Waals surface area contributed by atoms with Crippen LogP contribution in [0.5, 0.6) is 0 Å². The molecule has 0 aliphatic heterocycles. The average molecular weight is 121 g/mol. The first-order chi connectivity index (χ1) is 4.36. The van der Waals surface area contributed by atoms with Crippen LogP contribution in [0.25, 0.3) is 0 Å². The smallest absolute Gasteiger partial charge is 0.0564 e. The first kappa shape index (κ1) is 5.75. The van der Waals surface area contributed by atoms with Gasteiger partial charge in [-0.3, -0.25) is 0 Å². The first-order valence-electron chi connectivity index (χ1n) is 2.57. The fourth-order valence-corrected chi connectivity index (χ4v) is 0.598. The van der Waals surface area contributed by atoms with Crippen LogP contribution < -0.4 is 0 Å². The van der Waals surface area contributed by atoms with E-state index in [0.717, 1.165) is 11.4 Å². The Hall–Kier alpha value is -1.38. The van der Waals surface area contributed by atoms with Crippen molar-refractivity contribution >= 4 is 12.4 Å². The van der Waals surface area contributed by atoms with Crippen molar-refractivity contribution in [3.63, 3.8) is 0 Å². The number of H-pyrrole nitrogens is 1. The molecule has 0 aromatic carbocycles. The molecule has 1 aromatic heterocycles. The van der Waals surface area contributed by atoms with Crippen molar-refractivity contribution in [2.45, 2.75) is 0 Å². The van der Waals surface area contributed by atoms with Crippen molar-refractivity contribution in [3.05, 3.63) is 23.5 Å². The molecule has 0 fully saturated rings. The minimum atomic E-state index is 0.730. The van der Waals surface area contributed by atoms with Gasteiger partial charge in [-0.25, -0.2) is 0 Å². The van der Waals surface area contributed by atoms with Crippen LogP contribution in [0.2, 0.25) is 0 Å². The number of aromatic nitrogens is 1. The van der Waals surface area contributed by atoms with Crippen LogP contribution in [0.4, 0.5) is 0 Å². The highest BCUT2D eigenvalue weighted by Crippen LogP contribution is 1.94. The van der Waals surface area contributed by atoms with Gasteiger partial charge in [0.05, 0.1) is 11.4 Å². The van der Waals surface area contributed by atoms with E-state index in [-0.39, 0.29) is 0 Å². The van der Waals surface area contributed by atoms with Crippen molar-refractivity contribution in [2.75, 3.05) is 0 Å². The van der Waals surface area contributed by atoms with Crippen LogP contribution in [-0.2, 0) is 0 Å². The molecule has 1 heterocycles. The van der Waals surface area contributed by atoms with Gasteiger partial charge in [0, 0.05) is 12.4 Å². The monoisotopic (exact) mass is 121 g/mol. The summed E-state index contributed by atoms with van der Waals surface area (Å²) in [5.41, 5.74) is 1.46. The Kier molecular flexibility index (Phi) is 1.44. The van der Waals surface area contributed by atoms with Crippen LogP contribution in [0.3, 0.4) is 0 Å². The second-order valence-electron chi connectivity index (χ2n) is 1.66. The predicted molar refractivity (Wildman–Crippen MR) is 36.6 cm³/mol. The van der Waals surface area contributed by atoms with Gasteiger partial charge >= 0.3 is 0 Å². The standard InChI is InChI=1S/C6H7N3/c7-3-5-1-2-6(4-8)9-5/h1-4,7-9H. The molecule has 0 aliphatic rings. The zero-order valence-corrected chi connectivity index (χ0v) is 4.81. The molecule has 0 bridgehead atoms. The Balaban J connectivity index is 2.98. The highest BCUT2D eigenvalue weighted by atomic mass is 14.7. The van der Waals surface area contributed by atoms with E-state index in [1.54, 1.807) is 12.1 Å². The lowest BCUT2D eigenvalue weighted by atomic mass is 10.4. The number of hydrogen-bond acceptors (Lipinski definition) is 2. The van der Waals surface area contributed by atoms with Gasteiger partial charge in [0.15, 0.2) is 0 Å². The Bertz CT molecular complexity index is 201. The summed E-state index contributed by atoms with van der Waals surface area (Å²) in [6, 6.07) is 3.51. The summed E-state index contributed by atoms with van der Waals surface area (Å²) in [4.78, 5) is 2.83. The van der Waals surface area contributed by atoms with Crippen molar-refractivity contribution < 1.29 is 0 Å². The molecule has 0 aliphatic carbocycles. The normalized spacial score (nSPS) is 8.89. The molecule has 0 spiro atoms. The van der Waals surface area contributed by atoms with E-state index >= 15 is 0 Å². The zero-order valence-electron chi connectivity index (χ0n) is 4.81. The molecule has 0 saturated carbocycles. The summed E-state index contributed by atoms with van der Waals surface area (Å²) in [7, 11) is 0. The van der Waals surface area contributed by atoms with Crippen LogP contribution in [0, 0.1) is 10.8 Å². The molecule has 0 saturated heterocycles. The maximum atomic E-state index is 6.80. The maximum Gasteiger partial charge on any atom is 0.0564 e. The SMILES string of the molecule is N=Cc1ccc(C=N)[nH]1. The van der Waals surface area contributed by atoms with E-state index in [1.807, 2.05) is 0 Å². The summed E-state index contributed by atoms with van der Waals surface area (Å²) in [6.07, 6.45) is 2.43. The van der Waals surface area contributed by atoms with Crippen LogP contribution >= 0.6 is 0 Å². The van der Waals surface area contributed by atoms with E-state index < -0.39 is 0 Å². The van der Waals surface area contributed by atoms with Crippen LogP contribution in [-0.4, -0.2) is 17.4 Å². The number of rotatable bonds is 2. The van der Waals surface area contributed by atoms with E-state index in [0.29, 0.717) is 0 Å². The fourth-order valence-electron chi connectivity index (χ4n) is 0.598. The quantitative estimate of drug-likeness (QED) is 0.489. The van der Waals surface area contributed by atoms with Crippen molar-refractivity contribution in [1.29, 1.82) is 10.8 Å². The van der Waals surface area contributed by atoms with Gasteiger partial charge in [-0.2, -0.15) is 0 Å². The molecule has 1 rings (SSSR count). The third kappa shape index (κ3) is 1.05. The number of nitrogens with one attached hydrogen (secondary N) is 3. The molecule has 1 aromatic rings. The largest absolute Gasteiger partial charge is 0.353 e. The topological polar surface area (TPSA) is 63.5 Å². The van der Waals surface area contributed by atoms with E-state index in [1.165, 1.54) is 12.4 Å². The fraction of sp³-hybridized carbons (Fsp3) is 0. The molecular formula is C6H7N3. The first-order valence-corrected chi connectivity index (χ1v) is 2.57. The molecular weight excluding hydrogens is 114 g/mol. The minimum absolute atomic E-state index is 0.730. The Morgan fingerprint density at radius 2 is 1.56 bits per heavy atom. The zero-order chi connectivity index (χ0) is 6.69. The lowest BCUT2D eigenvalue weighted by molar-refractivity contribution is 1.34. The molecule has 9 heavy (non-hydrogen) atoms. The highest BCUT2D eigenvalue weighted by Gasteiger charge is 1.89. The van der Waals surface area contributed by atoms with E-state index in [2.05, 4.69) is 4.98 Å². The molecule has 0 atom stereocenters. The molecule has 3 heteroatoms. The van der Waals surface area contributed by atoms with Gasteiger partial charge in [-0.05, 0) is 12.1 Å². The van der Waals surface area contributed by atoms with Gasteiger partial charge < -0.3 is 15.8 Å². The van der Waals surface area contributed by atoms with Crippen molar-refractivity contribution in [3.8, 4) is 0 Å². The third-order valence-electron chi connectivity index (χ3n) is 1.04. The Labute approximate surface area is 52.7 Å².